The van der Waals surface area contributed by atoms with Gasteiger partial charge in [0.25, 0.3) is 5.69 Å². The van der Waals surface area contributed by atoms with Crippen LogP contribution in [0.15, 0.2) is 66.7 Å². The molecular weight excluding hydrogens is 264 g/mol. The van der Waals surface area contributed by atoms with Crippen LogP contribution in [0.3, 0.4) is 0 Å². The number of rotatable bonds is 4. The largest absolute Gasteiger partial charge is 0.270 e. The van der Waals surface area contributed by atoms with Crippen LogP contribution in [-0.4, -0.2) is 4.92 Å². The van der Waals surface area contributed by atoms with E-state index in [1.807, 2.05) is 36.4 Å². The molecule has 102 valence electrons. The SMILES string of the molecule is N#C/C(=C/C=C\c1ccccc1)c1cccc([N+](=O)[O-])c1. The Morgan fingerprint density at radius 2 is 1.90 bits per heavy atom. The normalized spacial score (nSPS) is 11.3. The molecule has 0 aromatic heterocycles. The highest BCUT2D eigenvalue weighted by molar-refractivity contribution is 5.79. The standard InChI is InChI=1S/C17H12N2O2/c18-13-16(10-4-8-14-6-2-1-3-7-14)15-9-5-11-17(12-15)19(20)21/h1-12H/b8-4-,16-10-. The first-order valence-corrected chi connectivity index (χ1v) is 6.29. The fourth-order valence-corrected chi connectivity index (χ4v) is 1.80. The van der Waals surface area contributed by atoms with Gasteiger partial charge in [-0.1, -0.05) is 54.6 Å². The maximum atomic E-state index is 10.8. The number of hydrogen-bond acceptors (Lipinski definition) is 3. The molecule has 4 nitrogen and oxygen atoms in total. The third kappa shape index (κ3) is 3.88. The molecule has 0 heterocycles. The lowest BCUT2D eigenvalue weighted by Gasteiger charge is -1.98. The number of allylic oxidation sites excluding steroid dienone is 3. The molecule has 0 aliphatic carbocycles. The van der Waals surface area contributed by atoms with Crippen molar-refractivity contribution in [2.75, 3.05) is 0 Å². The van der Waals surface area contributed by atoms with Crippen molar-refractivity contribution in [1.29, 1.82) is 5.26 Å². The number of nitrogens with zero attached hydrogens (tertiary/aromatic N) is 2. The number of nitriles is 1. The number of benzene rings is 2. The van der Waals surface area contributed by atoms with E-state index in [4.69, 9.17) is 0 Å². The summed E-state index contributed by atoms with van der Waals surface area (Å²) < 4.78 is 0. The highest BCUT2D eigenvalue weighted by Crippen LogP contribution is 2.20. The molecule has 0 N–H and O–H groups in total. The molecule has 0 amide bonds. The van der Waals surface area contributed by atoms with Crippen molar-refractivity contribution in [2.45, 2.75) is 0 Å². The van der Waals surface area contributed by atoms with Gasteiger partial charge in [-0.25, -0.2) is 0 Å². The van der Waals surface area contributed by atoms with Crippen LogP contribution in [0.1, 0.15) is 11.1 Å². The summed E-state index contributed by atoms with van der Waals surface area (Å²) >= 11 is 0. The van der Waals surface area contributed by atoms with Crippen molar-refractivity contribution in [1.82, 2.24) is 0 Å². The highest BCUT2D eigenvalue weighted by Gasteiger charge is 2.07. The van der Waals surface area contributed by atoms with Gasteiger partial charge in [0.2, 0.25) is 0 Å². The Hall–Kier alpha value is -3.19. The maximum Gasteiger partial charge on any atom is 0.270 e. The lowest BCUT2D eigenvalue weighted by Crippen LogP contribution is -1.89. The number of hydrogen-bond donors (Lipinski definition) is 0. The molecule has 0 bridgehead atoms. The van der Waals surface area contributed by atoms with Gasteiger partial charge in [-0.15, -0.1) is 0 Å². The van der Waals surface area contributed by atoms with Gasteiger partial charge in [-0.2, -0.15) is 5.26 Å². The van der Waals surface area contributed by atoms with Gasteiger partial charge in [-0.3, -0.25) is 10.1 Å². The van der Waals surface area contributed by atoms with Crippen LogP contribution in [0.25, 0.3) is 11.6 Å². The number of nitro groups is 1. The van der Waals surface area contributed by atoms with Gasteiger partial charge >= 0.3 is 0 Å². The molecule has 4 heteroatoms. The van der Waals surface area contributed by atoms with Crippen LogP contribution < -0.4 is 0 Å². The first-order valence-electron chi connectivity index (χ1n) is 6.29. The summed E-state index contributed by atoms with van der Waals surface area (Å²) in [7, 11) is 0. The number of nitro benzene ring substituents is 1. The second-order valence-corrected chi connectivity index (χ2v) is 4.27. The predicted octanol–water partition coefficient (Wildman–Crippen LogP) is 4.22. The molecule has 0 saturated heterocycles. The van der Waals surface area contributed by atoms with Gasteiger partial charge in [0.05, 0.1) is 16.6 Å². The van der Waals surface area contributed by atoms with E-state index in [1.165, 1.54) is 12.1 Å². The van der Waals surface area contributed by atoms with E-state index in [2.05, 4.69) is 6.07 Å². The van der Waals surface area contributed by atoms with E-state index in [1.54, 1.807) is 24.3 Å². The minimum atomic E-state index is -0.474. The van der Waals surface area contributed by atoms with Crippen LogP contribution in [0.5, 0.6) is 0 Å². The summed E-state index contributed by atoms with van der Waals surface area (Å²) in [5, 5.41) is 19.9. The lowest BCUT2D eigenvalue weighted by atomic mass is 10.1. The quantitative estimate of drug-likeness (QED) is 0.363. The summed E-state index contributed by atoms with van der Waals surface area (Å²) in [4.78, 5) is 10.3. The van der Waals surface area contributed by atoms with E-state index < -0.39 is 4.92 Å². The molecule has 0 radical (unpaired) electrons. The average Bonchev–Trinajstić information content (AvgIpc) is 2.52. The summed E-state index contributed by atoms with van der Waals surface area (Å²) in [5.74, 6) is 0. The molecule has 0 saturated carbocycles. The van der Waals surface area contributed by atoms with Crippen molar-refractivity contribution in [3.05, 3.63) is 88.0 Å². The Bertz CT molecular complexity index is 741. The molecule has 2 aromatic carbocycles. The predicted molar refractivity (Wildman–Crippen MR) is 82.2 cm³/mol. The zero-order valence-corrected chi connectivity index (χ0v) is 11.1. The van der Waals surface area contributed by atoms with Gasteiger partial charge < -0.3 is 0 Å². The molecule has 0 aliphatic rings. The van der Waals surface area contributed by atoms with Crippen LogP contribution in [0.4, 0.5) is 5.69 Å². The van der Waals surface area contributed by atoms with Crippen LogP contribution in [0.2, 0.25) is 0 Å². The Balaban J connectivity index is 2.26. The van der Waals surface area contributed by atoms with E-state index in [0.717, 1.165) is 5.56 Å². The van der Waals surface area contributed by atoms with Crippen molar-refractivity contribution in [3.63, 3.8) is 0 Å². The van der Waals surface area contributed by atoms with Gasteiger partial charge in [0.15, 0.2) is 0 Å². The fraction of sp³-hybridized carbons (Fsp3) is 0. The molecule has 0 fully saturated rings. The van der Waals surface area contributed by atoms with E-state index in [-0.39, 0.29) is 5.69 Å². The van der Waals surface area contributed by atoms with E-state index in [0.29, 0.717) is 11.1 Å². The molecule has 0 unspecified atom stereocenters. The van der Waals surface area contributed by atoms with E-state index in [9.17, 15) is 15.4 Å². The third-order valence-corrected chi connectivity index (χ3v) is 2.84. The topological polar surface area (TPSA) is 66.9 Å². The lowest BCUT2D eigenvalue weighted by molar-refractivity contribution is -0.384. The molecule has 0 spiro atoms. The Morgan fingerprint density at radius 1 is 1.14 bits per heavy atom. The molecule has 21 heavy (non-hydrogen) atoms. The van der Waals surface area contributed by atoms with Crippen molar-refractivity contribution < 1.29 is 4.92 Å². The van der Waals surface area contributed by atoms with Crippen LogP contribution >= 0.6 is 0 Å². The second-order valence-electron chi connectivity index (χ2n) is 4.27. The van der Waals surface area contributed by atoms with Gasteiger partial charge in [0.1, 0.15) is 0 Å². The molecular formula is C17H12N2O2. The molecule has 2 aromatic rings. The molecule has 0 aliphatic heterocycles. The Morgan fingerprint density at radius 3 is 2.57 bits per heavy atom. The fourth-order valence-electron chi connectivity index (χ4n) is 1.80. The van der Waals surface area contributed by atoms with Gasteiger partial charge in [0, 0.05) is 12.1 Å². The Labute approximate surface area is 122 Å². The van der Waals surface area contributed by atoms with Crippen molar-refractivity contribution in [3.8, 4) is 6.07 Å². The maximum absolute atomic E-state index is 10.8. The summed E-state index contributed by atoms with van der Waals surface area (Å²) in [5.41, 5.74) is 1.90. The zero-order chi connectivity index (χ0) is 15.1. The van der Waals surface area contributed by atoms with Crippen LogP contribution in [-0.2, 0) is 0 Å². The second kappa shape index (κ2) is 6.83. The van der Waals surface area contributed by atoms with Crippen molar-refractivity contribution in [2.24, 2.45) is 0 Å². The molecule has 2 rings (SSSR count). The minimum absolute atomic E-state index is 0.0271. The summed E-state index contributed by atoms with van der Waals surface area (Å²) in [6, 6.07) is 17.8. The van der Waals surface area contributed by atoms with Crippen molar-refractivity contribution >= 4 is 17.3 Å². The zero-order valence-electron chi connectivity index (χ0n) is 11.1. The number of non-ortho nitro benzene ring substituents is 1. The highest BCUT2D eigenvalue weighted by atomic mass is 16.6. The van der Waals surface area contributed by atoms with E-state index >= 15 is 0 Å². The average molecular weight is 276 g/mol. The minimum Gasteiger partial charge on any atom is -0.258 e. The first kappa shape index (κ1) is 14.2. The summed E-state index contributed by atoms with van der Waals surface area (Å²) in [6.45, 7) is 0. The first-order chi connectivity index (χ1) is 10.2. The van der Waals surface area contributed by atoms with Crippen LogP contribution in [0, 0.1) is 21.4 Å². The van der Waals surface area contributed by atoms with Gasteiger partial charge in [-0.05, 0) is 17.2 Å². The molecule has 0 atom stereocenters. The smallest absolute Gasteiger partial charge is 0.258 e. The third-order valence-electron chi connectivity index (χ3n) is 2.84. The Kier molecular flexibility index (Phi) is 4.62. The monoisotopic (exact) mass is 276 g/mol. The summed E-state index contributed by atoms with van der Waals surface area (Å²) in [6.07, 6.45) is 5.27.